The molecule has 26 heavy (non-hydrogen) atoms. The summed E-state index contributed by atoms with van der Waals surface area (Å²) in [6, 6.07) is 4.65. The molecule has 0 radical (unpaired) electrons. The van der Waals surface area contributed by atoms with Crippen LogP contribution < -0.4 is 16.0 Å². The average molecular weight is 369 g/mol. The molecule has 0 aliphatic carbocycles. The molecule has 1 aromatic carbocycles. The van der Waals surface area contributed by atoms with E-state index in [-0.39, 0.29) is 11.8 Å². The van der Waals surface area contributed by atoms with Crippen molar-refractivity contribution >= 4 is 28.9 Å². The molecule has 2 rings (SSSR count). The molecule has 1 aliphatic rings. The lowest BCUT2D eigenvalue weighted by Crippen LogP contribution is -2.40. The fourth-order valence-corrected chi connectivity index (χ4v) is 2.64. The lowest BCUT2D eigenvalue weighted by Gasteiger charge is -2.21. The van der Waals surface area contributed by atoms with Crippen molar-refractivity contribution in [2.75, 3.05) is 22.6 Å². The first-order valence-electron chi connectivity index (χ1n) is 7.99. The van der Waals surface area contributed by atoms with Crippen LogP contribution in [-0.4, -0.2) is 69.5 Å². The number of aliphatic hydroxyl groups is 4. The molecular formula is C16H23N3O7. The van der Waals surface area contributed by atoms with Crippen molar-refractivity contribution in [2.45, 2.75) is 44.5 Å². The maximum atomic E-state index is 11.4. The van der Waals surface area contributed by atoms with E-state index in [1.807, 2.05) is 0 Å². The van der Waals surface area contributed by atoms with Crippen LogP contribution in [0.1, 0.15) is 13.8 Å². The maximum Gasteiger partial charge on any atom is 0.221 e. The van der Waals surface area contributed by atoms with Gasteiger partial charge in [-0.25, -0.2) is 0 Å². The zero-order valence-corrected chi connectivity index (χ0v) is 14.3. The van der Waals surface area contributed by atoms with Crippen LogP contribution in [0.5, 0.6) is 0 Å². The number of benzene rings is 1. The number of rotatable bonds is 6. The monoisotopic (exact) mass is 369 g/mol. The van der Waals surface area contributed by atoms with Crippen molar-refractivity contribution in [1.29, 1.82) is 0 Å². The maximum absolute atomic E-state index is 11.4. The molecule has 0 saturated carbocycles. The van der Waals surface area contributed by atoms with Crippen molar-refractivity contribution in [1.82, 2.24) is 0 Å². The van der Waals surface area contributed by atoms with E-state index < -0.39 is 37.3 Å². The molecule has 0 spiro atoms. The summed E-state index contributed by atoms with van der Waals surface area (Å²) in [5.74, 6) is -0.622. The van der Waals surface area contributed by atoms with Gasteiger partial charge in [0.2, 0.25) is 11.8 Å². The van der Waals surface area contributed by atoms with Crippen molar-refractivity contribution < 1.29 is 34.8 Å². The third kappa shape index (κ3) is 4.68. The molecule has 0 unspecified atom stereocenters. The summed E-state index contributed by atoms with van der Waals surface area (Å²) in [6.45, 7) is 2.02. The van der Waals surface area contributed by atoms with E-state index in [9.17, 15) is 24.9 Å². The lowest BCUT2D eigenvalue weighted by atomic mass is 10.1. The molecule has 1 aromatic rings. The number of ether oxygens (including phenoxy) is 1. The van der Waals surface area contributed by atoms with E-state index in [2.05, 4.69) is 16.0 Å². The standard InChI is InChI=1S/C16H23N3O7/c1-7(21)17-9-3-4-10(18-8(2)22)11(5-9)19-16-14(25)13(24)15(26-16)12(23)6-20/h3-5,12-16,19-20,23-25H,6H2,1-2H3,(H,17,21)(H,18,22)/t12-,13+,14-,15+,16+/m1/s1. The summed E-state index contributed by atoms with van der Waals surface area (Å²) in [4.78, 5) is 22.6. The normalized spacial score (nSPS) is 26.2. The van der Waals surface area contributed by atoms with Crippen molar-refractivity contribution in [3.63, 3.8) is 0 Å². The first kappa shape index (κ1) is 20.1. The van der Waals surface area contributed by atoms with Gasteiger partial charge in [0.1, 0.15) is 24.4 Å². The van der Waals surface area contributed by atoms with E-state index in [0.29, 0.717) is 17.1 Å². The molecule has 2 amide bonds. The Morgan fingerprint density at radius 1 is 1.12 bits per heavy atom. The van der Waals surface area contributed by atoms with E-state index >= 15 is 0 Å². The van der Waals surface area contributed by atoms with Gasteiger partial charge in [-0.3, -0.25) is 9.59 Å². The average Bonchev–Trinajstić information content (AvgIpc) is 2.84. The van der Waals surface area contributed by atoms with Crippen LogP contribution in [-0.2, 0) is 14.3 Å². The SMILES string of the molecule is CC(=O)Nc1ccc(NC(C)=O)c(N[C@H]2O[C@@H]([C@H](O)CO)[C@@H](O)[C@H]2O)c1. The molecule has 144 valence electrons. The van der Waals surface area contributed by atoms with Crippen LogP contribution in [0.4, 0.5) is 17.1 Å². The second kappa shape index (κ2) is 8.43. The Kier molecular flexibility index (Phi) is 6.51. The highest BCUT2D eigenvalue weighted by Gasteiger charge is 2.46. The second-order valence-electron chi connectivity index (χ2n) is 6.02. The molecule has 1 saturated heterocycles. The van der Waals surface area contributed by atoms with Crippen LogP contribution >= 0.6 is 0 Å². The molecule has 10 nitrogen and oxygen atoms in total. The Morgan fingerprint density at radius 3 is 2.35 bits per heavy atom. The Bertz CT molecular complexity index is 669. The summed E-state index contributed by atoms with van der Waals surface area (Å²) in [5.41, 5.74) is 1.12. The summed E-state index contributed by atoms with van der Waals surface area (Å²) >= 11 is 0. The molecule has 0 bridgehead atoms. The minimum absolute atomic E-state index is 0.290. The number of hydrogen-bond acceptors (Lipinski definition) is 8. The van der Waals surface area contributed by atoms with Gasteiger partial charge in [0.05, 0.1) is 18.0 Å². The van der Waals surface area contributed by atoms with Crippen LogP contribution in [0, 0.1) is 0 Å². The summed E-state index contributed by atoms with van der Waals surface area (Å²) < 4.78 is 5.40. The van der Waals surface area contributed by atoms with Crippen molar-refractivity contribution in [3.8, 4) is 0 Å². The third-order valence-electron chi connectivity index (χ3n) is 3.82. The number of carbonyl (C=O) groups excluding carboxylic acids is 2. The minimum Gasteiger partial charge on any atom is -0.394 e. The highest BCUT2D eigenvalue weighted by atomic mass is 16.6. The topological polar surface area (TPSA) is 160 Å². The molecular weight excluding hydrogens is 346 g/mol. The third-order valence-corrected chi connectivity index (χ3v) is 3.82. The number of aliphatic hydroxyl groups excluding tert-OH is 4. The van der Waals surface area contributed by atoms with Crippen LogP contribution in [0.2, 0.25) is 0 Å². The molecule has 1 fully saturated rings. The smallest absolute Gasteiger partial charge is 0.221 e. The zero-order chi connectivity index (χ0) is 19.4. The predicted octanol–water partition coefficient (Wildman–Crippen LogP) is -1.18. The first-order valence-corrected chi connectivity index (χ1v) is 7.99. The van der Waals surface area contributed by atoms with Gasteiger partial charge < -0.3 is 41.1 Å². The summed E-state index contributed by atoms with van der Waals surface area (Å²) in [7, 11) is 0. The van der Waals surface area contributed by atoms with E-state index in [0.717, 1.165) is 0 Å². The lowest BCUT2D eigenvalue weighted by molar-refractivity contribution is -0.115. The van der Waals surface area contributed by atoms with Crippen LogP contribution in [0.25, 0.3) is 0 Å². The fraction of sp³-hybridized carbons (Fsp3) is 0.500. The predicted molar refractivity (Wildman–Crippen MR) is 92.4 cm³/mol. The zero-order valence-electron chi connectivity index (χ0n) is 14.3. The quantitative estimate of drug-likeness (QED) is 0.330. The number of amides is 2. The van der Waals surface area contributed by atoms with Gasteiger partial charge in [-0.05, 0) is 18.2 Å². The number of nitrogens with one attached hydrogen (secondary N) is 3. The minimum atomic E-state index is -1.42. The van der Waals surface area contributed by atoms with E-state index in [4.69, 9.17) is 9.84 Å². The van der Waals surface area contributed by atoms with Gasteiger partial charge in [-0.1, -0.05) is 0 Å². The number of anilines is 3. The second-order valence-corrected chi connectivity index (χ2v) is 6.02. The Hall–Kier alpha value is -2.24. The van der Waals surface area contributed by atoms with Gasteiger partial charge >= 0.3 is 0 Å². The van der Waals surface area contributed by atoms with Gasteiger partial charge in [0.25, 0.3) is 0 Å². The van der Waals surface area contributed by atoms with Gasteiger partial charge in [0, 0.05) is 19.5 Å². The molecule has 10 heteroatoms. The summed E-state index contributed by atoms with van der Waals surface area (Å²) in [6.07, 6.45) is -6.48. The molecule has 7 N–H and O–H groups in total. The number of hydrogen-bond donors (Lipinski definition) is 7. The Labute approximate surface area is 149 Å². The van der Waals surface area contributed by atoms with Gasteiger partial charge in [0.15, 0.2) is 6.23 Å². The largest absolute Gasteiger partial charge is 0.394 e. The molecule has 1 heterocycles. The van der Waals surface area contributed by atoms with Gasteiger partial charge in [-0.15, -0.1) is 0 Å². The highest BCUT2D eigenvalue weighted by Crippen LogP contribution is 2.31. The van der Waals surface area contributed by atoms with E-state index in [1.54, 1.807) is 12.1 Å². The Balaban J connectivity index is 2.25. The Morgan fingerprint density at radius 2 is 1.77 bits per heavy atom. The number of carbonyl (C=O) groups is 2. The highest BCUT2D eigenvalue weighted by molar-refractivity contribution is 5.95. The van der Waals surface area contributed by atoms with E-state index in [1.165, 1.54) is 19.9 Å². The molecule has 0 aromatic heterocycles. The molecule has 5 atom stereocenters. The van der Waals surface area contributed by atoms with Crippen molar-refractivity contribution in [3.05, 3.63) is 18.2 Å². The summed E-state index contributed by atoms with van der Waals surface area (Å²) in [5, 5.41) is 46.8. The molecule has 1 aliphatic heterocycles. The fourth-order valence-electron chi connectivity index (χ4n) is 2.64. The van der Waals surface area contributed by atoms with Gasteiger partial charge in [-0.2, -0.15) is 0 Å². The van der Waals surface area contributed by atoms with Crippen LogP contribution in [0.3, 0.4) is 0 Å². The first-order chi connectivity index (χ1) is 12.2. The van der Waals surface area contributed by atoms with Crippen molar-refractivity contribution in [2.24, 2.45) is 0 Å². The van der Waals surface area contributed by atoms with Crippen LogP contribution in [0.15, 0.2) is 18.2 Å².